The maximum absolute atomic E-state index is 12.0. The molecular weight excluding hydrogens is 350 g/mol. The van der Waals surface area contributed by atoms with Crippen molar-refractivity contribution in [3.8, 4) is 0 Å². The Morgan fingerprint density at radius 2 is 1.94 bits per heavy atom. The van der Waals surface area contributed by atoms with Crippen molar-refractivity contribution in [3.05, 3.63) is 16.2 Å². The van der Waals surface area contributed by atoms with E-state index in [-0.39, 0.29) is 5.54 Å². The van der Waals surface area contributed by atoms with Crippen LogP contribution in [0.15, 0.2) is 17.5 Å². The van der Waals surface area contributed by atoms with E-state index in [1.54, 1.807) is 10.8 Å². The van der Waals surface area contributed by atoms with Crippen molar-refractivity contribution < 1.29 is 22.8 Å². The Labute approximate surface area is 110 Å². The van der Waals surface area contributed by atoms with Crippen LogP contribution in [0.2, 0.25) is 0 Å². The average Bonchev–Trinajstić information content (AvgIpc) is 2.45. The molecule has 1 rings (SSSR count). The Morgan fingerprint density at radius 1 is 1.41 bits per heavy atom. The molecule has 0 N–H and O–H groups in total. The third-order valence-corrected chi connectivity index (χ3v) is 2.92. The van der Waals surface area contributed by atoms with Crippen LogP contribution in [-0.4, -0.2) is 16.8 Å². The van der Waals surface area contributed by atoms with Gasteiger partial charge in [-0.1, -0.05) is 9.78 Å². The summed E-state index contributed by atoms with van der Waals surface area (Å²) in [6.45, 7) is 5.68. The fraction of sp³-hybridized carbons (Fsp3) is 0.556. The molecule has 0 spiro atoms. The summed E-state index contributed by atoms with van der Waals surface area (Å²) < 4.78 is 39.2. The molecule has 8 heteroatoms. The predicted octanol–water partition coefficient (Wildman–Crippen LogP) is 1.22. The fourth-order valence-corrected chi connectivity index (χ4v) is 2.25. The SMILES string of the molecule is CC(C)(C)[n+]1ccn(/N=C(\[O-])C(F)(F)F)c1I. The van der Waals surface area contributed by atoms with E-state index >= 15 is 0 Å². The second kappa shape index (κ2) is 4.46. The van der Waals surface area contributed by atoms with Crippen molar-refractivity contribution in [3.63, 3.8) is 0 Å². The van der Waals surface area contributed by atoms with Gasteiger partial charge in [-0.2, -0.15) is 13.2 Å². The van der Waals surface area contributed by atoms with Crippen LogP contribution in [0.4, 0.5) is 13.2 Å². The van der Waals surface area contributed by atoms with Gasteiger partial charge in [-0.25, -0.2) is 4.57 Å². The lowest BCUT2D eigenvalue weighted by Crippen LogP contribution is -2.51. The van der Waals surface area contributed by atoms with E-state index in [0.29, 0.717) is 3.83 Å². The maximum Gasteiger partial charge on any atom is 0.423 e. The van der Waals surface area contributed by atoms with Gasteiger partial charge in [0.2, 0.25) is 0 Å². The highest BCUT2D eigenvalue weighted by molar-refractivity contribution is 14.1. The first kappa shape index (κ1) is 14.3. The number of rotatable bonds is 1. The number of halogens is 4. The van der Waals surface area contributed by atoms with Crippen molar-refractivity contribution in [1.82, 2.24) is 4.68 Å². The minimum absolute atomic E-state index is 0.293. The Morgan fingerprint density at radius 3 is 2.29 bits per heavy atom. The van der Waals surface area contributed by atoms with Gasteiger partial charge in [0.1, 0.15) is 17.6 Å². The quantitative estimate of drug-likeness (QED) is 0.321. The molecule has 1 heterocycles. The highest BCUT2D eigenvalue weighted by Gasteiger charge is 2.31. The summed E-state index contributed by atoms with van der Waals surface area (Å²) in [4.78, 5) is 0. The van der Waals surface area contributed by atoms with Gasteiger partial charge in [-0.15, -0.1) is 0 Å². The predicted molar refractivity (Wildman–Crippen MR) is 61.2 cm³/mol. The van der Waals surface area contributed by atoms with E-state index < -0.39 is 12.1 Å². The molecule has 17 heavy (non-hydrogen) atoms. The summed E-state index contributed by atoms with van der Waals surface area (Å²) in [5.74, 6) is -2.12. The smallest absolute Gasteiger partial charge is 0.423 e. The minimum Gasteiger partial charge on any atom is -0.853 e. The second-order valence-electron chi connectivity index (χ2n) is 4.36. The molecule has 0 saturated carbocycles. The molecule has 0 fully saturated rings. The molecule has 1 aromatic heterocycles. The van der Waals surface area contributed by atoms with Crippen LogP contribution in [0.3, 0.4) is 0 Å². The largest absolute Gasteiger partial charge is 0.853 e. The zero-order valence-electron chi connectivity index (χ0n) is 9.42. The van der Waals surface area contributed by atoms with E-state index in [1.807, 2.05) is 43.4 Å². The normalized spacial score (nSPS) is 14.2. The van der Waals surface area contributed by atoms with Crippen LogP contribution in [-0.2, 0) is 5.54 Å². The van der Waals surface area contributed by atoms with Crippen molar-refractivity contribution in [2.45, 2.75) is 32.5 Å². The monoisotopic (exact) mass is 361 g/mol. The second-order valence-corrected chi connectivity index (χ2v) is 5.32. The molecule has 0 aliphatic rings. The molecule has 0 aliphatic carbocycles. The zero-order valence-corrected chi connectivity index (χ0v) is 11.6. The first-order chi connectivity index (χ1) is 7.53. The lowest BCUT2D eigenvalue weighted by molar-refractivity contribution is -0.765. The molecule has 0 saturated heterocycles. The lowest BCUT2D eigenvalue weighted by Gasteiger charge is -2.15. The molecule has 0 bridgehead atoms. The van der Waals surface area contributed by atoms with Gasteiger partial charge in [-0.3, -0.25) is 0 Å². The molecule has 96 valence electrons. The summed E-state index contributed by atoms with van der Waals surface area (Å²) in [7, 11) is 0. The highest BCUT2D eigenvalue weighted by atomic mass is 127. The average molecular weight is 361 g/mol. The van der Waals surface area contributed by atoms with E-state index in [2.05, 4.69) is 5.10 Å². The Kier molecular flexibility index (Phi) is 3.75. The van der Waals surface area contributed by atoms with Gasteiger partial charge in [0, 0.05) is 0 Å². The fourth-order valence-electron chi connectivity index (χ4n) is 1.09. The van der Waals surface area contributed by atoms with Crippen LogP contribution in [0, 0.1) is 3.83 Å². The first-order valence-electron chi connectivity index (χ1n) is 4.65. The molecule has 0 unspecified atom stereocenters. The zero-order chi connectivity index (χ0) is 13.4. The molecule has 0 amide bonds. The highest BCUT2D eigenvalue weighted by Crippen LogP contribution is 2.15. The van der Waals surface area contributed by atoms with Crippen LogP contribution in [0.25, 0.3) is 0 Å². The van der Waals surface area contributed by atoms with Crippen LogP contribution in [0.5, 0.6) is 0 Å². The third-order valence-electron chi connectivity index (χ3n) is 1.91. The topological polar surface area (TPSA) is 44.2 Å². The number of hydrogen-bond acceptors (Lipinski definition) is 2. The number of nitrogens with zero attached hydrogens (tertiary/aromatic N) is 3. The van der Waals surface area contributed by atoms with Crippen LogP contribution < -0.4 is 9.67 Å². The lowest BCUT2D eigenvalue weighted by atomic mass is 10.1. The number of imidazole rings is 1. The summed E-state index contributed by atoms with van der Waals surface area (Å²) in [6.07, 6.45) is -2.05. The van der Waals surface area contributed by atoms with Gasteiger partial charge in [0.15, 0.2) is 6.20 Å². The van der Waals surface area contributed by atoms with E-state index in [9.17, 15) is 18.3 Å². The van der Waals surface area contributed by atoms with Crippen molar-refractivity contribution in [2.75, 3.05) is 0 Å². The van der Waals surface area contributed by atoms with Crippen LogP contribution in [0.1, 0.15) is 20.8 Å². The Balaban J connectivity index is 3.16. The van der Waals surface area contributed by atoms with Gasteiger partial charge in [0.25, 0.3) is 0 Å². The van der Waals surface area contributed by atoms with E-state index in [4.69, 9.17) is 0 Å². The molecule has 0 radical (unpaired) electrons. The molecular formula is C9H11F3IN3O. The number of alkyl halides is 3. The maximum atomic E-state index is 12.0. The molecule has 0 aromatic carbocycles. The molecule has 1 aromatic rings. The number of aromatic nitrogens is 2. The minimum atomic E-state index is -4.94. The standard InChI is InChI=1S/C9H11F3IN3O/c1-8(2,3)15-4-5-16(7(15)13)14-6(17)9(10,11)12/h4-5H,1-3H3. The van der Waals surface area contributed by atoms with E-state index in [0.717, 1.165) is 4.68 Å². The summed E-state index contributed by atoms with van der Waals surface area (Å²) in [5.41, 5.74) is -0.293. The summed E-state index contributed by atoms with van der Waals surface area (Å²) in [5, 5.41) is 13.7. The Bertz CT molecular complexity index is 445. The summed E-state index contributed by atoms with van der Waals surface area (Å²) in [6, 6.07) is 0. The van der Waals surface area contributed by atoms with Gasteiger partial charge < -0.3 is 5.11 Å². The number of hydrogen-bond donors (Lipinski definition) is 0. The first-order valence-corrected chi connectivity index (χ1v) is 5.73. The van der Waals surface area contributed by atoms with Crippen LogP contribution >= 0.6 is 22.6 Å². The van der Waals surface area contributed by atoms with Crippen molar-refractivity contribution in [2.24, 2.45) is 5.10 Å². The molecule has 0 aliphatic heterocycles. The molecule has 4 nitrogen and oxygen atoms in total. The van der Waals surface area contributed by atoms with Crippen molar-refractivity contribution in [1.29, 1.82) is 0 Å². The van der Waals surface area contributed by atoms with Gasteiger partial charge >= 0.3 is 10.0 Å². The van der Waals surface area contributed by atoms with Crippen molar-refractivity contribution >= 4 is 28.5 Å². The summed E-state index contributed by atoms with van der Waals surface area (Å²) >= 11 is 1.84. The van der Waals surface area contributed by atoms with Gasteiger partial charge in [0.05, 0.1) is 22.6 Å². The third kappa shape index (κ3) is 3.33. The Hall–Kier alpha value is -0.800. The van der Waals surface area contributed by atoms with E-state index in [1.165, 1.54) is 6.20 Å². The molecule has 0 atom stereocenters. The van der Waals surface area contributed by atoms with Gasteiger partial charge in [-0.05, 0) is 20.8 Å².